The van der Waals surface area contributed by atoms with Crippen LogP contribution in [0, 0.1) is 17.7 Å². The fraction of sp³-hybridized carbons (Fsp3) is 0.125. The van der Waals surface area contributed by atoms with Crippen LogP contribution in [0.3, 0.4) is 0 Å². The Hall–Kier alpha value is -1.40. The summed E-state index contributed by atoms with van der Waals surface area (Å²) >= 11 is 0. The number of nitrogens with one attached hydrogen (secondary N) is 2. The van der Waals surface area contributed by atoms with E-state index in [0.717, 1.165) is 0 Å². The number of hydrogen-bond acceptors (Lipinski definition) is 2. The third-order valence-electron chi connectivity index (χ3n) is 0.940. The second kappa shape index (κ2) is 5.73. The fourth-order valence-electron chi connectivity index (χ4n) is 0.534. The molecule has 0 radical (unpaired) electrons. The zero-order valence-electron chi connectivity index (χ0n) is 5.89. The molecule has 0 heterocycles. The van der Waals surface area contributed by atoms with E-state index in [1.165, 1.54) is 11.6 Å². The topological polar surface area (TPSA) is 47.7 Å². The molecule has 0 atom stereocenters. The highest BCUT2D eigenvalue weighted by molar-refractivity contribution is 5.29. The van der Waals surface area contributed by atoms with Crippen LogP contribution in [-0.4, -0.2) is 6.01 Å². The molecule has 0 saturated heterocycles. The molecule has 1 aromatic rings. The highest BCUT2D eigenvalue weighted by atomic mass is 14.4. The first kappa shape index (κ1) is 8.60. The summed E-state index contributed by atoms with van der Waals surface area (Å²) in [6.45, 7) is 2.08. The lowest BCUT2D eigenvalue weighted by Crippen LogP contribution is -1.62. The number of rotatable bonds is 0. The maximum Gasteiger partial charge on any atom is 0.0831 e. The lowest BCUT2D eigenvalue weighted by atomic mass is 10.2. The van der Waals surface area contributed by atoms with Crippen molar-refractivity contribution in [1.82, 2.24) is 0 Å². The molecule has 2 N–H and O–H groups in total. The van der Waals surface area contributed by atoms with E-state index in [4.69, 9.17) is 10.8 Å². The average Bonchev–Trinajstić information content (AvgIpc) is 1.91. The van der Waals surface area contributed by atoms with E-state index in [1.807, 2.05) is 18.2 Å². The van der Waals surface area contributed by atoms with Gasteiger partial charge in [0.25, 0.3) is 0 Å². The van der Waals surface area contributed by atoms with Gasteiger partial charge < -0.3 is 0 Å². The smallest absolute Gasteiger partial charge is 0.0831 e. The van der Waals surface area contributed by atoms with Crippen LogP contribution in [-0.2, 0) is 0 Å². The third-order valence-corrected chi connectivity index (χ3v) is 0.940. The van der Waals surface area contributed by atoms with Crippen LogP contribution >= 0.6 is 0 Å². The van der Waals surface area contributed by atoms with Gasteiger partial charge in [-0.2, -0.15) is 0 Å². The molecule has 0 aliphatic heterocycles. The zero-order chi connectivity index (χ0) is 7.82. The predicted octanol–water partition coefficient (Wildman–Crippen LogP) is 2.31. The molecular formula is C8H10N2. The van der Waals surface area contributed by atoms with Gasteiger partial charge in [0.2, 0.25) is 0 Å². The molecule has 1 rings (SSSR count). The molecular weight excluding hydrogens is 124 g/mol. The highest BCUT2D eigenvalue weighted by Gasteiger charge is 1.72. The Bertz CT molecular complexity index is 198. The van der Waals surface area contributed by atoms with Crippen LogP contribution in [0.15, 0.2) is 30.3 Å². The van der Waals surface area contributed by atoms with Crippen molar-refractivity contribution < 1.29 is 0 Å². The first-order valence-corrected chi connectivity index (χ1v) is 2.91. The van der Waals surface area contributed by atoms with Crippen LogP contribution in [0.25, 0.3) is 0 Å². The first-order chi connectivity index (χ1) is 4.81. The van der Waals surface area contributed by atoms with Crippen molar-refractivity contribution in [2.45, 2.75) is 6.92 Å². The molecule has 0 aliphatic rings. The Balaban J connectivity index is 0.000000236. The lowest BCUT2D eigenvalue weighted by molar-refractivity contribution is 1.47. The number of benzene rings is 1. The second-order valence-corrected chi connectivity index (χ2v) is 1.78. The van der Waals surface area contributed by atoms with Gasteiger partial charge in [-0.3, -0.25) is 0 Å². The maximum absolute atomic E-state index is 5.62. The van der Waals surface area contributed by atoms with Crippen LogP contribution < -0.4 is 0 Å². The van der Waals surface area contributed by atoms with E-state index in [9.17, 15) is 0 Å². The average molecular weight is 134 g/mol. The van der Waals surface area contributed by atoms with Gasteiger partial charge in [0, 0.05) is 0 Å². The van der Waals surface area contributed by atoms with E-state index in [-0.39, 0.29) is 0 Å². The molecule has 0 unspecified atom stereocenters. The lowest BCUT2D eigenvalue weighted by Gasteiger charge is -1.82. The normalized spacial score (nSPS) is 6.90. The summed E-state index contributed by atoms with van der Waals surface area (Å²) in [6.07, 6.45) is 0. The zero-order valence-corrected chi connectivity index (χ0v) is 5.89. The van der Waals surface area contributed by atoms with Crippen LogP contribution in [0.2, 0.25) is 0 Å². The molecule has 0 fully saturated rings. The van der Waals surface area contributed by atoms with E-state index in [2.05, 4.69) is 19.1 Å². The van der Waals surface area contributed by atoms with Gasteiger partial charge in [-0.1, -0.05) is 35.9 Å². The second-order valence-electron chi connectivity index (χ2n) is 1.78. The van der Waals surface area contributed by atoms with Gasteiger partial charge >= 0.3 is 0 Å². The van der Waals surface area contributed by atoms with E-state index < -0.39 is 0 Å². The largest absolute Gasteiger partial charge is 0.242 e. The van der Waals surface area contributed by atoms with Crippen molar-refractivity contribution in [2.75, 3.05) is 0 Å². The van der Waals surface area contributed by atoms with Crippen molar-refractivity contribution in [3.05, 3.63) is 35.9 Å². The molecule has 0 aromatic heterocycles. The Morgan fingerprint density at radius 1 is 1.10 bits per heavy atom. The summed E-state index contributed by atoms with van der Waals surface area (Å²) in [6, 6.07) is 11.5. The summed E-state index contributed by atoms with van der Waals surface area (Å²) < 4.78 is 0. The molecule has 0 bridgehead atoms. The minimum atomic E-state index is 1.25. The van der Waals surface area contributed by atoms with E-state index in [0.29, 0.717) is 0 Å². The minimum Gasteiger partial charge on any atom is -0.242 e. The molecule has 0 aliphatic carbocycles. The molecule has 0 saturated carbocycles. The molecule has 0 spiro atoms. The van der Waals surface area contributed by atoms with Gasteiger partial charge in [-0.15, -0.1) is 0 Å². The number of hydrogen-bond donors (Lipinski definition) is 2. The van der Waals surface area contributed by atoms with E-state index >= 15 is 0 Å². The standard InChI is InChI=1S/C7H8.CH2N2/c1-7-5-3-2-4-6-7;2-1-3/h2-6H,1H3;2-3H. The molecule has 52 valence electrons. The van der Waals surface area contributed by atoms with Crippen LogP contribution in [0.5, 0.6) is 0 Å². The Morgan fingerprint density at radius 3 is 1.70 bits per heavy atom. The summed E-state index contributed by atoms with van der Waals surface area (Å²) in [5.41, 5.74) is 1.32. The number of aryl methyl sites for hydroxylation is 1. The predicted molar refractivity (Wildman–Crippen MR) is 41.6 cm³/mol. The van der Waals surface area contributed by atoms with Gasteiger partial charge in [0.15, 0.2) is 0 Å². The highest BCUT2D eigenvalue weighted by Crippen LogP contribution is 1.92. The SMILES string of the molecule is Cc1ccccc1.N=C=N. The summed E-state index contributed by atoms with van der Waals surface area (Å²) in [5.74, 6) is 0. The van der Waals surface area contributed by atoms with Crippen molar-refractivity contribution in [3.8, 4) is 0 Å². The van der Waals surface area contributed by atoms with Crippen molar-refractivity contribution in [3.63, 3.8) is 0 Å². The first-order valence-electron chi connectivity index (χ1n) is 2.91. The molecule has 10 heavy (non-hydrogen) atoms. The molecule has 0 amide bonds. The summed E-state index contributed by atoms with van der Waals surface area (Å²) in [7, 11) is 0. The Morgan fingerprint density at radius 2 is 1.50 bits per heavy atom. The van der Waals surface area contributed by atoms with Gasteiger partial charge in [-0.05, 0) is 6.92 Å². The van der Waals surface area contributed by atoms with Crippen molar-refractivity contribution >= 4 is 6.01 Å². The van der Waals surface area contributed by atoms with Gasteiger partial charge in [0.05, 0.1) is 6.01 Å². The minimum absolute atomic E-state index is 1.25. The molecule has 2 heteroatoms. The van der Waals surface area contributed by atoms with Crippen molar-refractivity contribution in [1.29, 1.82) is 10.8 Å². The van der Waals surface area contributed by atoms with Gasteiger partial charge in [-0.25, -0.2) is 10.8 Å². The van der Waals surface area contributed by atoms with Gasteiger partial charge in [0.1, 0.15) is 0 Å². The molecule has 1 aromatic carbocycles. The van der Waals surface area contributed by atoms with Crippen LogP contribution in [0.1, 0.15) is 5.56 Å². The summed E-state index contributed by atoms with van der Waals surface area (Å²) in [5, 5.41) is 11.2. The summed E-state index contributed by atoms with van der Waals surface area (Å²) in [4.78, 5) is 0. The monoisotopic (exact) mass is 134 g/mol. The third kappa shape index (κ3) is 4.75. The Labute approximate surface area is 60.5 Å². The quantitative estimate of drug-likeness (QED) is 0.511. The maximum atomic E-state index is 5.62. The fourth-order valence-corrected chi connectivity index (χ4v) is 0.534. The molecule has 2 nitrogen and oxygen atoms in total. The van der Waals surface area contributed by atoms with E-state index in [1.54, 1.807) is 0 Å². The Kier molecular flexibility index (Phi) is 4.93. The van der Waals surface area contributed by atoms with Crippen LogP contribution in [0.4, 0.5) is 0 Å². The van der Waals surface area contributed by atoms with Crippen molar-refractivity contribution in [2.24, 2.45) is 0 Å².